The topological polar surface area (TPSA) is 54.1 Å². The molecule has 1 saturated carbocycles. The van der Waals surface area contributed by atoms with Crippen LogP contribution in [0.1, 0.15) is 69.1 Å². The summed E-state index contributed by atoms with van der Waals surface area (Å²) in [7, 11) is 0. The third-order valence-electron chi connectivity index (χ3n) is 5.03. The lowest BCUT2D eigenvalue weighted by atomic mass is 9.79. The Morgan fingerprint density at radius 3 is 2.64 bits per heavy atom. The number of amides is 1. The smallest absolute Gasteiger partial charge is 0.407 e. The molecule has 1 aliphatic rings. The van der Waals surface area contributed by atoms with Crippen molar-refractivity contribution in [2.24, 2.45) is 0 Å². The Kier molecular flexibility index (Phi) is 4.81. The van der Waals surface area contributed by atoms with Crippen LogP contribution in [-0.4, -0.2) is 22.7 Å². The number of alkyl carbamates (subject to hydrolysis) is 1. The van der Waals surface area contributed by atoms with Crippen LogP contribution in [0.15, 0.2) is 18.3 Å². The molecule has 0 saturated heterocycles. The molecule has 1 amide bonds. The number of hydrogen-bond acceptors (Lipinski definition) is 2. The average molecular weight is 342 g/mol. The Balaban J connectivity index is 1.88. The summed E-state index contributed by atoms with van der Waals surface area (Å²) in [4.78, 5) is 15.7. The molecule has 136 valence electrons. The fourth-order valence-corrected chi connectivity index (χ4v) is 4.06. The van der Waals surface area contributed by atoms with Gasteiger partial charge in [0.05, 0.1) is 0 Å². The van der Waals surface area contributed by atoms with E-state index in [0.29, 0.717) is 5.92 Å². The molecule has 2 aromatic rings. The first-order valence-electron chi connectivity index (χ1n) is 9.32. The molecule has 0 aliphatic heterocycles. The van der Waals surface area contributed by atoms with Crippen LogP contribution in [-0.2, 0) is 4.74 Å². The fraction of sp³-hybridized carbons (Fsp3) is 0.571. The van der Waals surface area contributed by atoms with Crippen molar-refractivity contribution in [1.29, 1.82) is 0 Å². The van der Waals surface area contributed by atoms with Gasteiger partial charge in [-0.3, -0.25) is 0 Å². The largest absolute Gasteiger partial charge is 0.444 e. The van der Waals surface area contributed by atoms with E-state index in [1.54, 1.807) is 0 Å². The molecule has 3 rings (SSSR count). The van der Waals surface area contributed by atoms with Crippen molar-refractivity contribution in [3.63, 3.8) is 0 Å². The summed E-state index contributed by atoms with van der Waals surface area (Å²) < 4.78 is 5.47. The van der Waals surface area contributed by atoms with E-state index >= 15 is 0 Å². The number of benzene rings is 1. The molecular weight excluding hydrogens is 312 g/mol. The molecule has 25 heavy (non-hydrogen) atoms. The number of aromatic amines is 1. The van der Waals surface area contributed by atoms with Crippen LogP contribution < -0.4 is 5.32 Å². The summed E-state index contributed by atoms with van der Waals surface area (Å²) >= 11 is 0. The first-order valence-corrected chi connectivity index (χ1v) is 9.32. The molecule has 1 aromatic carbocycles. The molecular formula is C21H30N2O2. The SMILES string of the molecule is Cc1cc(C)c2[nH]cc([C@H]3CCCC[C@H]3NC(=O)OC(C)(C)C)c2c1. The van der Waals surface area contributed by atoms with Crippen LogP contribution in [0.3, 0.4) is 0 Å². The summed E-state index contributed by atoms with van der Waals surface area (Å²) in [6.45, 7) is 9.98. The van der Waals surface area contributed by atoms with Crippen molar-refractivity contribution < 1.29 is 9.53 Å². The molecule has 0 radical (unpaired) electrons. The molecule has 4 nitrogen and oxygen atoms in total. The van der Waals surface area contributed by atoms with Gasteiger partial charge < -0.3 is 15.0 Å². The second kappa shape index (κ2) is 6.74. The van der Waals surface area contributed by atoms with Gasteiger partial charge in [-0.1, -0.05) is 24.5 Å². The van der Waals surface area contributed by atoms with Crippen LogP contribution in [0.2, 0.25) is 0 Å². The zero-order valence-electron chi connectivity index (χ0n) is 16.0. The van der Waals surface area contributed by atoms with E-state index in [0.717, 1.165) is 19.3 Å². The molecule has 2 atom stereocenters. The van der Waals surface area contributed by atoms with Crippen molar-refractivity contribution >= 4 is 17.0 Å². The highest BCUT2D eigenvalue weighted by Gasteiger charge is 2.31. The third-order valence-corrected chi connectivity index (χ3v) is 5.03. The normalized spacial score (nSPS) is 21.3. The minimum Gasteiger partial charge on any atom is -0.444 e. The van der Waals surface area contributed by atoms with Gasteiger partial charge in [-0.05, 0) is 64.7 Å². The highest BCUT2D eigenvalue weighted by molar-refractivity contribution is 5.87. The Hall–Kier alpha value is -1.97. The standard InChI is InChI=1S/C21H30N2O2/c1-13-10-14(2)19-16(11-13)17(12-22-19)15-8-6-7-9-18(15)23-20(24)25-21(3,4)5/h10-12,15,18,22H,6-9H2,1-5H3,(H,23,24)/t15-,18-/m1/s1. The van der Waals surface area contributed by atoms with Gasteiger partial charge >= 0.3 is 6.09 Å². The average Bonchev–Trinajstić information content (AvgIpc) is 2.89. The third kappa shape index (κ3) is 4.00. The molecule has 1 heterocycles. The number of aryl methyl sites for hydroxylation is 2. The van der Waals surface area contributed by atoms with Crippen molar-refractivity contribution in [3.05, 3.63) is 35.0 Å². The molecule has 1 aliphatic carbocycles. The van der Waals surface area contributed by atoms with Crippen molar-refractivity contribution in [3.8, 4) is 0 Å². The lowest BCUT2D eigenvalue weighted by Crippen LogP contribution is -2.43. The van der Waals surface area contributed by atoms with E-state index in [1.807, 2.05) is 20.8 Å². The van der Waals surface area contributed by atoms with E-state index in [1.165, 1.54) is 34.0 Å². The lowest BCUT2D eigenvalue weighted by molar-refractivity contribution is 0.0485. The predicted octanol–water partition coefficient (Wildman–Crippen LogP) is 5.34. The highest BCUT2D eigenvalue weighted by atomic mass is 16.6. The summed E-state index contributed by atoms with van der Waals surface area (Å²) in [5.74, 6) is 0.330. The predicted molar refractivity (Wildman–Crippen MR) is 102 cm³/mol. The van der Waals surface area contributed by atoms with Crippen LogP contribution in [0.25, 0.3) is 10.9 Å². The number of hydrogen-bond donors (Lipinski definition) is 2. The Morgan fingerprint density at radius 2 is 1.92 bits per heavy atom. The number of ether oxygens (including phenoxy) is 1. The molecule has 0 spiro atoms. The maximum absolute atomic E-state index is 12.3. The number of fused-ring (bicyclic) bond motifs is 1. The van der Waals surface area contributed by atoms with Gasteiger partial charge in [0, 0.05) is 29.1 Å². The van der Waals surface area contributed by atoms with Crippen LogP contribution in [0.5, 0.6) is 0 Å². The minimum absolute atomic E-state index is 0.128. The maximum Gasteiger partial charge on any atom is 0.407 e. The molecule has 1 aromatic heterocycles. The zero-order chi connectivity index (χ0) is 18.2. The summed E-state index contributed by atoms with van der Waals surface area (Å²) in [6.07, 6.45) is 6.28. The van der Waals surface area contributed by atoms with Crippen molar-refractivity contribution in [2.45, 2.75) is 77.9 Å². The van der Waals surface area contributed by atoms with E-state index in [2.05, 4.69) is 42.5 Å². The Labute approximate surface area is 150 Å². The summed E-state index contributed by atoms with van der Waals surface area (Å²) in [5.41, 5.74) is 4.61. The first kappa shape index (κ1) is 17.8. The lowest BCUT2D eigenvalue weighted by Gasteiger charge is -2.33. The molecule has 0 bridgehead atoms. The number of carbonyl (C=O) groups excluding carboxylic acids is 1. The monoisotopic (exact) mass is 342 g/mol. The van der Waals surface area contributed by atoms with E-state index < -0.39 is 5.60 Å². The van der Waals surface area contributed by atoms with Gasteiger partial charge in [0.2, 0.25) is 0 Å². The van der Waals surface area contributed by atoms with Crippen LogP contribution >= 0.6 is 0 Å². The second-order valence-corrected chi connectivity index (χ2v) is 8.39. The van der Waals surface area contributed by atoms with Gasteiger partial charge in [0.1, 0.15) is 5.60 Å². The zero-order valence-corrected chi connectivity index (χ0v) is 16.0. The van der Waals surface area contributed by atoms with Crippen molar-refractivity contribution in [2.75, 3.05) is 0 Å². The number of nitrogens with one attached hydrogen (secondary N) is 2. The molecule has 4 heteroatoms. The number of aromatic nitrogens is 1. The Morgan fingerprint density at radius 1 is 1.20 bits per heavy atom. The quantitative estimate of drug-likeness (QED) is 0.774. The summed E-state index contributed by atoms with van der Waals surface area (Å²) in [6, 6.07) is 4.59. The molecule has 2 N–H and O–H groups in total. The van der Waals surface area contributed by atoms with E-state index in [-0.39, 0.29) is 12.1 Å². The number of carbonyl (C=O) groups is 1. The first-order chi connectivity index (χ1) is 11.7. The fourth-order valence-electron chi connectivity index (χ4n) is 4.06. The van der Waals surface area contributed by atoms with Crippen LogP contribution in [0.4, 0.5) is 4.79 Å². The molecule has 1 fully saturated rings. The van der Waals surface area contributed by atoms with Gasteiger partial charge in [-0.25, -0.2) is 4.79 Å². The van der Waals surface area contributed by atoms with Gasteiger partial charge in [-0.2, -0.15) is 0 Å². The van der Waals surface area contributed by atoms with Gasteiger partial charge in [-0.15, -0.1) is 0 Å². The van der Waals surface area contributed by atoms with Gasteiger partial charge in [0.15, 0.2) is 0 Å². The minimum atomic E-state index is -0.469. The number of rotatable bonds is 2. The highest BCUT2D eigenvalue weighted by Crippen LogP contribution is 2.38. The van der Waals surface area contributed by atoms with E-state index in [4.69, 9.17) is 4.74 Å². The van der Waals surface area contributed by atoms with E-state index in [9.17, 15) is 4.79 Å². The van der Waals surface area contributed by atoms with Crippen molar-refractivity contribution in [1.82, 2.24) is 10.3 Å². The second-order valence-electron chi connectivity index (χ2n) is 8.39. The summed E-state index contributed by atoms with van der Waals surface area (Å²) in [5, 5.41) is 4.42. The number of H-pyrrole nitrogens is 1. The Bertz CT molecular complexity index is 770. The van der Waals surface area contributed by atoms with Crippen LogP contribution in [0, 0.1) is 13.8 Å². The maximum atomic E-state index is 12.3. The van der Waals surface area contributed by atoms with Gasteiger partial charge in [0.25, 0.3) is 0 Å². The molecule has 0 unspecified atom stereocenters.